The Bertz CT molecular complexity index is 2920. The highest BCUT2D eigenvalue weighted by molar-refractivity contribution is 6.11. The lowest BCUT2D eigenvalue weighted by Gasteiger charge is -2.19. The zero-order valence-corrected chi connectivity index (χ0v) is 26.7. The maximum atomic E-state index is 10.6. The molecule has 7 aromatic carbocycles. The summed E-state index contributed by atoms with van der Waals surface area (Å²) in [4.78, 5) is 0. The fourth-order valence-electron chi connectivity index (χ4n) is 7.52. The second-order valence-electron chi connectivity index (χ2n) is 12.3. The van der Waals surface area contributed by atoms with Crippen molar-refractivity contribution in [2.24, 2.45) is 0 Å². The van der Waals surface area contributed by atoms with E-state index in [2.05, 4.69) is 112 Å². The van der Waals surface area contributed by atoms with Crippen molar-refractivity contribution in [1.82, 2.24) is 9.13 Å². The van der Waals surface area contributed by atoms with Crippen molar-refractivity contribution in [2.75, 3.05) is 0 Å². The molecule has 0 aliphatic heterocycles. The second kappa shape index (κ2) is 11.4. The summed E-state index contributed by atoms with van der Waals surface area (Å²) < 4.78 is 4.48. The summed E-state index contributed by atoms with van der Waals surface area (Å²) in [6.07, 6.45) is 0. The van der Waals surface area contributed by atoms with Crippen LogP contribution in [0, 0.1) is 34.0 Å². The van der Waals surface area contributed by atoms with Crippen LogP contribution in [0.15, 0.2) is 152 Å². The highest BCUT2D eigenvalue weighted by Gasteiger charge is 2.21. The van der Waals surface area contributed by atoms with Gasteiger partial charge < -0.3 is 9.13 Å². The summed E-state index contributed by atoms with van der Waals surface area (Å²) in [5, 5.41) is 34.8. The average molecular weight is 636 g/mol. The molecule has 230 valence electrons. The van der Waals surface area contributed by atoms with Gasteiger partial charge in [-0.1, -0.05) is 84.9 Å². The van der Waals surface area contributed by atoms with Crippen LogP contribution in [0.2, 0.25) is 0 Å². The number of para-hydroxylation sites is 4. The molecule has 0 fully saturated rings. The van der Waals surface area contributed by atoms with Gasteiger partial charge in [-0.15, -0.1) is 0 Å². The first-order valence-electron chi connectivity index (χ1n) is 16.3. The Morgan fingerprint density at radius 1 is 0.400 bits per heavy atom. The van der Waals surface area contributed by atoms with E-state index in [4.69, 9.17) is 0 Å². The van der Waals surface area contributed by atoms with Crippen molar-refractivity contribution in [2.45, 2.75) is 0 Å². The molecular weight excluding hydrogens is 611 g/mol. The molecule has 0 bridgehead atoms. The van der Waals surface area contributed by atoms with Gasteiger partial charge in [-0.25, -0.2) is 0 Å². The van der Waals surface area contributed by atoms with Crippen molar-refractivity contribution in [3.8, 4) is 51.8 Å². The quantitative estimate of drug-likeness (QED) is 0.193. The molecule has 9 rings (SSSR count). The molecule has 0 amide bonds. The first-order valence-corrected chi connectivity index (χ1v) is 16.3. The molecule has 0 saturated carbocycles. The van der Waals surface area contributed by atoms with Crippen LogP contribution in [0.25, 0.3) is 77.2 Å². The minimum absolute atomic E-state index is 0.421. The van der Waals surface area contributed by atoms with E-state index in [0.717, 1.165) is 77.2 Å². The maximum absolute atomic E-state index is 10.6. The summed E-state index contributed by atoms with van der Waals surface area (Å²) in [7, 11) is 0. The van der Waals surface area contributed by atoms with Gasteiger partial charge in [-0.2, -0.15) is 15.8 Å². The third-order valence-electron chi connectivity index (χ3n) is 9.60. The molecule has 0 spiro atoms. The van der Waals surface area contributed by atoms with Crippen molar-refractivity contribution in [3.63, 3.8) is 0 Å². The molecule has 2 heterocycles. The standard InChI is InChI=1S/C45H25N5/c46-26-29-20-21-44-38(23-29)36-14-3-5-16-40(36)49(44)33-11-9-10-31(25-33)45-32(28-48)22-30(27-47)24-39(45)37-15-4-8-19-43(37)50-41-17-6-1-12-34(41)35-13-2-7-18-42(35)50/h1-25H. The Hall–Kier alpha value is -7.39. The van der Waals surface area contributed by atoms with Gasteiger partial charge >= 0.3 is 0 Å². The van der Waals surface area contributed by atoms with Crippen LogP contribution in [0.3, 0.4) is 0 Å². The number of fused-ring (bicyclic) bond motifs is 6. The molecule has 0 aliphatic carbocycles. The van der Waals surface area contributed by atoms with Crippen LogP contribution in [-0.2, 0) is 0 Å². The normalized spacial score (nSPS) is 11.1. The summed E-state index contributed by atoms with van der Waals surface area (Å²) in [6, 6.07) is 57.8. The van der Waals surface area contributed by atoms with E-state index in [9.17, 15) is 15.8 Å². The van der Waals surface area contributed by atoms with Crippen molar-refractivity contribution >= 4 is 43.6 Å². The van der Waals surface area contributed by atoms with Gasteiger partial charge in [0.2, 0.25) is 0 Å². The zero-order valence-electron chi connectivity index (χ0n) is 26.7. The number of nitrogens with zero attached hydrogens (tertiary/aromatic N) is 5. The Morgan fingerprint density at radius 2 is 1.00 bits per heavy atom. The smallest absolute Gasteiger partial charge is 0.0998 e. The fourth-order valence-corrected chi connectivity index (χ4v) is 7.52. The van der Waals surface area contributed by atoms with Crippen LogP contribution >= 0.6 is 0 Å². The Morgan fingerprint density at radius 3 is 1.68 bits per heavy atom. The lowest BCUT2D eigenvalue weighted by molar-refractivity contribution is 1.18. The van der Waals surface area contributed by atoms with Gasteiger partial charge in [0, 0.05) is 38.4 Å². The van der Waals surface area contributed by atoms with Crippen LogP contribution in [-0.4, -0.2) is 9.13 Å². The van der Waals surface area contributed by atoms with Gasteiger partial charge in [-0.3, -0.25) is 0 Å². The van der Waals surface area contributed by atoms with E-state index in [1.165, 1.54) is 0 Å². The average Bonchev–Trinajstić information content (AvgIpc) is 3.70. The molecule has 0 saturated heterocycles. The first kappa shape index (κ1) is 28.8. The van der Waals surface area contributed by atoms with Gasteiger partial charge in [-0.05, 0) is 77.9 Å². The Balaban J connectivity index is 1.32. The maximum Gasteiger partial charge on any atom is 0.0998 e. The predicted octanol–water partition coefficient (Wildman–Crippen LogP) is 10.8. The lowest BCUT2D eigenvalue weighted by Crippen LogP contribution is -2.00. The van der Waals surface area contributed by atoms with Gasteiger partial charge in [0.1, 0.15) is 0 Å². The summed E-state index contributed by atoms with van der Waals surface area (Å²) in [6.45, 7) is 0. The van der Waals surface area contributed by atoms with Crippen LogP contribution in [0.5, 0.6) is 0 Å². The van der Waals surface area contributed by atoms with Crippen LogP contribution in [0.1, 0.15) is 16.7 Å². The number of rotatable bonds is 4. The van der Waals surface area contributed by atoms with E-state index >= 15 is 0 Å². The van der Waals surface area contributed by atoms with E-state index in [1.54, 1.807) is 6.07 Å². The Kier molecular flexibility index (Phi) is 6.56. The van der Waals surface area contributed by atoms with Crippen molar-refractivity contribution < 1.29 is 0 Å². The highest BCUT2D eigenvalue weighted by atomic mass is 15.0. The fraction of sp³-hybridized carbons (Fsp3) is 0. The molecular formula is C45H25N5. The molecule has 5 nitrogen and oxygen atoms in total. The predicted molar refractivity (Wildman–Crippen MR) is 200 cm³/mol. The first-order chi connectivity index (χ1) is 24.7. The van der Waals surface area contributed by atoms with Crippen molar-refractivity contribution in [3.05, 3.63) is 168 Å². The summed E-state index contributed by atoms with van der Waals surface area (Å²) in [5.41, 5.74) is 10.8. The lowest BCUT2D eigenvalue weighted by atomic mass is 9.88. The minimum atomic E-state index is 0.421. The van der Waals surface area contributed by atoms with E-state index in [0.29, 0.717) is 16.7 Å². The number of nitriles is 3. The molecule has 50 heavy (non-hydrogen) atoms. The minimum Gasteiger partial charge on any atom is -0.309 e. The van der Waals surface area contributed by atoms with E-state index in [1.807, 2.05) is 60.7 Å². The Labute approximate surface area is 287 Å². The van der Waals surface area contributed by atoms with Crippen LogP contribution in [0.4, 0.5) is 0 Å². The van der Waals surface area contributed by atoms with Gasteiger partial charge in [0.25, 0.3) is 0 Å². The van der Waals surface area contributed by atoms with Gasteiger partial charge in [0.15, 0.2) is 0 Å². The SMILES string of the molecule is N#Cc1cc(C#N)c(-c2cccc(-n3c4ccccc4c4cc(C#N)ccc43)c2)c(-c2ccccc2-n2c3ccccc3c3ccccc32)c1. The molecule has 9 aromatic rings. The molecule has 5 heteroatoms. The number of aromatic nitrogens is 2. The summed E-state index contributed by atoms with van der Waals surface area (Å²) >= 11 is 0. The summed E-state index contributed by atoms with van der Waals surface area (Å²) in [5.74, 6) is 0. The number of hydrogen-bond acceptors (Lipinski definition) is 3. The third-order valence-corrected chi connectivity index (χ3v) is 9.60. The topological polar surface area (TPSA) is 81.2 Å². The second-order valence-corrected chi connectivity index (χ2v) is 12.3. The monoisotopic (exact) mass is 635 g/mol. The van der Waals surface area contributed by atoms with Crippen LogP contribution < -0.4 is 0 Å². The third kappa shape index (κ3) is 4.31. The molecule has 0 N–H and O–H groups in total. The van der Waals surface area contributed by atoms with Gasteiger partial charge in [0.05, 0.1) is 62.7 Å². The molecule has 0 atom stereocenters. The molecule has 0 radical (unpaired) electrons. The molecule has 2 aromatic heterocycles. The molecule has 0 aliphatic rings. The molecule has 0 unspecified atom stereocenters. The van der Waals surface area contributed by atoms with E-state index in [-0.39, 0.29) is 0 Å². The van der Waals surface area contributed by atoms with E-state index < -0.39 is 0 Å². The zero-order chi connectivity index (χ0) is 33.8. The highest BCUT2D eigenvalue weighted by Crippen LogP contribution is 2.42. The largest absolute Gasteiger partial charge is 0.309 e. The number of hydrogen-bond donors (Lipinski definition) is 0. The number of benzene rings is 7. The van der Waals surface area contributed by atoms with Crippen molar-refractivity contribution in [1.29, 1.82) is 15.8 Å².